The molecule has 1 atom stereocenters. The Morgan fingerprint density at radius 2 is 0.838 bits per heavy atom. The molecule has 0 bridgehead atoms. The molecule has 0 N–H and O–H groups in total. The Hall–Kier alpha value is -4.75. The highest BCUT2D eigenvalue weighted by Gasteiger charge is 2.31. The van der Waals surface area contributed by atoms with Crippen LogP contribution in [0.4, 0.5) is 0 Å². The van der Waals surface area contributed by atoms with Gasteiger partial charge in [-0.2, -0.15) is 0 Å². The first-order valence-electron chi connectivity index (χ1n) is 12.7. The second-order valence-corrected chi connectivity index (χ2v) is 9.15. The minimum absolute atomic E-state index is 0.0568. The van der Waals surface area contributed by atoms with Crippen LogP contribution in [0.2, 0.25) is 0 Å². The zero-order chi connectivity index (χ0) is 24.9. The summed E-state index contributed by atoms with van der Waals surface area (Å²) in [5, 5.41) is 0. The van der Waals surface area contributed by atoms with Gasteiger partial charge in [0.2, 0.25) is 0 Å². The van der Waals surface area contributed by atoms with Crippen molar-refractivity contribution >= 4 is 22.4 Å². The third kappa shape index (κ3) is 4.60. The fraction of sp³-hybridized carbons (Fsp3) is 0.0278. The summed E-state index contributed by atoms with van der Waals surface area (Å²) in [6.45, 7) is 0. The van der Waals surface area contributed by atoms with Gasteiger partial charge in [0.05, 0.1) is 11.6 Å². The highest BCUT2D eigenvalue weighted by atomic mass is 14.7. The molecule has 5 aromatic rings. The van der Waals surface area contributed by atoms with Crippen LogP contribution < -0.4 is 0 Å². The lowest BCUT2D eigenvalue weighted by molar-refractivity contribution is 1.15. The van der Waals surface area contributed by atoms with E-state index in [4.69, 9.17) is 4.99 Å². The van der Waals surface area contributed by atoms with Crippen molar-refractivity contribution in [1.29, 1.82) is 0 Å². The van der Waals surface area contributed by atoms with Gasteiger partial charge in [-0.15, -0.1) is 0 Å². The lowest BCUT2D eigenvalue weighted by Gasteiger charge is -2.26. The molecule has 1 nitrogen and oxygen atoms in total. The molecule has 1 heterocycles. The van der Waals surface area contributed by atoms with Gasteiger partial charge in [-0.05, 0) is 39.0 Å². The SMILES string of the molecule is C1=C(c2ccccc2)C(c2ccccc2)=C(c2ccccc2)C(c2ccccc2)C(c2ccccc2)=N1. The van der Waals surface area contributed by atoms with Crippen LogP contribution in [0, 0.1) is 0 Å². The fourth-order valence-corrected chi connectivity index (χ4v) is 5.20. The maximum absolute atomic E-state index is 5.27. The van der Waals surface area contributed by atoms with Crippen LogP contribution in [-0.4, -0.2) is 5.71 Å². The van der Waals surface area contributed by atoms with E-state index in [2.05, 4.69) is 158 Å². The molecule has 37 heavy (non-hydrogen) atoms. The van der Waals surface area contributed by atoms with E-state index in [0.29, 0.717) is 0 Å². The summed E-state index contributed by atoms with van der Waals surface area (Å²) in [5.41, 5.74) is 10.5. The molecule has 0 fully saturated rings. The molecule has 1 aliphatic rings. The number of hydrogen-bond donors (Lipinski definition) is 0. The molecule has 0 spiro atoms. The summed E-state index contributed by atoms with van der Waals surface area (Å²) in [5.74, 6) is -0.0568. The topological polar surface area (TPSA) is 12.4 Å². The van der Waals surface area contributed by atoms with Crippen molar-refractivity contribution in [1.82, 2.24) is 0 Å². The molecule has 0 radical (unpaired) electrons. The summed E-state index contributed by atoms with van der Waals surface area (Å²) in [4.78, 5) is 5.27. The first-order chi connectivity index (χ1) is 18.4. The zero-order valence-electron chi connectivity index (χ0n) is 20.5. The molecule has 0 amide bonds. The first-order valence-corrected chi connectivity index (χ1v) is 12.7. The number of benzene rings is 5. The quantitative estimate of drug-likeness (QED) is 0.242. The van der Waals surface area contributed by atoms with Crippen LogP contribution >= 0.6 is 0 Å². The van der Waals surface area contributed by atoms with E-state index < -0.39 is 0 Å². The first kappa shape index (κ1) is 22.7. The highest BCUT2D eigenvalue weighted by molar-refractivity contribution is 6.24. The molecule has 0 saturated heterocycles. The Labute approximate surface area is 218 Å². The number of nitrogens with zero attached hydrogens (tertiary/aromatic N) is 1. The van der Waals surface area contributed by atoms with Gasteiger partial charge >= 0.3 is 0 Å². The largest absolute Gasteiger partial charge is 0.259 e. The van der Waals surface area contributed by atoms with Gasteiger partial charge in [0.25, 0.3) is 0 Å². The summed E-state index contributed by atoms with van der Waals surface area (Å²) < 4.78 is 0. The Balaban J connectivity index is 1.76. The summed E-state index contributed by atoms with van der Waals surface area (Å²) in [6, 6.07) is 53.5. The molecule has 6 rings (SSSR count). The molecule has 1 heteroatoms. The normalized spacial score (nSPS) is 15.5. The van der Waals surface area contributed by atoms with Gasteiger partial charge in [0.15, 0.2) is 0 Å². The highest BCUT2D eigenvalue weighted by Crippen LogP contribution is 2.47. The smallest absolute Gasteiger partial charge is 0.0595 e. The van der Waals surface area contributed by atoms with Gasteiger partial charge in [0, 0.05) is 11.8 Å². The van der Waals surface area contributed by atoms with Crippen molar-refractivity contribution < 1.29 is 0 Å². The Morgan fingerprint density at radius 3 is 1.38 bits per heavy atom. The zero-order valence-corrected chi connectivity index (χ0v) is 20.5. The van der Waals surface area contributed by atoms with Gasteiger partial charge in [-0.25, -0.2) is 0 Å². The second-order valence-electron chi connectivity index (χ2n) is 9.15. The second kappa shape index (κ2) is 10.5. The lowest BCUT2D eigenvalue weighted by atomic mass is 9.76. The van der Waals surface area contributed by atoms with E-state index in [1.165, 1.54) is 27.8 Å². The van der Waals surface area contributed by atoms with Crippen LogP contribution in [-0.2, 0) is 0 Å². The maximum atomic E-state index is 5.27. The van der Waals surface area contributed by atoms with E-state index in [9.17, 15) is 0 Å². The molecule has 1 unspecified atom stereocenters. The van der Waals surface area contributed by atoms with Crippen molar-refractivity contribution in [3.8, 4) is 0 Å². The number of allylic oxidation sites excluding steroid dienone is 3. The molecule has 1 aliphatic heterocycles. The van der Waals surface area contributed by atoms with Crippen LogP contribution in [0.1, 0.15) is 33.7 Å². The van der Waals surface area contributed by atoms with E-state index in [1.54, 1.807) is 0 Å². The van der Waals surface area contributed by atoms with Crippen molar-refractivity contribution in [3.63, 3.8) is 0 Å². The third-order valence-electron chi connectivity index (χ3n) is 6.87. The average molecular weight is 474 g/mol. The van der Waals surface area contributed by atoms with Crippen LogP contribution in [0.15, 0.2) is 163 Å². The summed E-state index contributed by atoms with van der Waals surface area (Å²) >= 11 is 0. The van der Waals surface area contributed by atoms with E-state index in [0.717, 1.165) is 22.4 Å². The van der Waals surface area contributed by atoms with Gasteiger partial charge in [-0.3, -0.25) is 4.99 Å². The predicted octanol–water partition coefficient (Wildman–Crippen LogP) is 8.93. The molecule has 5 aromatic carbocycles. The predicted molar refractivity (Wildman–Crippen MR) is 156 cm³/mol. The molecule has 0 saturated carbocycles. The third-order valence-corrected chi connectivity index (χ3v) is 6.87. The van der Waals surface area contributed by atoms with E-state index in [1.807, 2.05) is 0 Å². The van der Waals surface area contributed by atoms with E-state index in [-0.39, 0.29) is 5.92 Å². The standard InChI is InChI=1S/C36H27N/c1-6-16-27(17-7-1)32-26-37-36(31-24-14-5-15-25-31)35(30-22-12-4-13-23-30)34(29-20-10-3-11-21-29)33(32)28-18-8-2-9-19-28/h1-26,35H. The Morgan fingerprint density at radius 1 is 0.405 bits per heavy atom. The average Bonchev–Trinajstić information content (AvgIpc) is 3.17. The summed E-state index contributed by atoms with van der Waals surface area (Å²) in [7, 11) is 0. The van der Waals surface area contributed by atoms with E-state index >= 15 is 0 Å². The Kier molecular flexibility index (Phi) is 6.43. The maximum Gasteiger partial charge on any atom is 0.0595 e. The van der Waals surface area contributed by atoms with Crippen molar-refractivity contribution in [2.45, 2.75) is 5.92 Å². The summed E-state index contributed by atoms with van der Waals surface area (Å²) in [6.07, 6.45) is 2.08. The van der Waals surface area contributed by atoms with Crippen molar-refractivity contribution in [2.75, 3.05) is 0 Å². The number of hydrogen-bond acceptors (Lipinski definition) is 1. The van der Waals surface area contributed by atoms with Gasteiger partial charge in [-0.1, -0.05) is 152 Å². The van der Waals surface area contributed by atoms with Gasteiger partial charge < -0.3 is 0 Å². The van der Waals surface area contributed by atoms with Crippen molar-refractivity contribution in [2.24, 2.45) is 4.99 Å². The Bertz CT molecular complexity index is 1560. The van der Waals surface area contributed by atoms with Gasteiger partial charge in [0.1, 0.15) is 0 Å². The van der Waals surface area contributed by atoms with Crippen LogP contribution in [0.3, 0.4) is 0 Å². The fourth-order valence-electron chi connectivity index (χ4n) is 5.20. The van der Waals surface area contributed by atoms with Crippen LogP contribution in [0.25, 0.3) is 16.7 Å². The molecular weight excluding hydrogens is 446 g/mol. The lowest BCUT2D eigenvalue weighted by Crippen LogP contribution is -2.16. The number of rotatable bonds is 5. The molecule has 0 aliphatic carbocycles. The molecule has 0 aromatic heterocycles. The molecular formula is C36H27N. The minimum atomic E-state index is -0.0568. The number of aliphatic imine (C=N–C) groups is 1. The van der Waals surface area contributed by atoms with Crippen LogP contribution in [0.5, 0.6) is 0 Å². The van der Waals surface area contributed by atoms with Crippen molar-refractivity contribution in [3.05, 3.63) is 186 Å². The minimum Gasteiger partial charge on any atom is -0.259 e. The molecule has 176 valence electrons. The monoisotopic (exact) mass is 473 g/mol.